The minimum absolute atomic E-state index is 0.0323. The first-order chi connectivity index (χ1) is 15.9. The highest BCUT2D eigenvalue weighted by Crippen LogP contribution is 2.31. The van der Waals surface area contributed by atoms with E-state index < -0.39 is 17.5 Å². The number of hydrogen-bond acceptors (Lipinski definition) is 6. The first-order valence-corrected chi connectivity index (χ1v) is 10.9. The molecule has 0 saturated heterocycles. The summed E-state index contributed by atoms with van der Waals surface area (Å²) >= 11 is 0. The van der Waals surface area contributed by atoms with E-state index in [2.05, 4.69) is 15.6 Å². The topological polar surface area (TPSA) is 120 Å². The molecule has 6 N–H and O–H groups in total. The number of anilines is 3. The third-order valence-corrected chi connectivity index (χ3v) is 6.03. The Balaban J connectivity index is 1.71. The van der Waals surface area contributed by atoms with Crippen molar-refractivity contribution in [2.24, 2.45) is 11.5 Å². The van der Waals surface area contributed by atoms with Crippen LogP contribution in [0.2, 0.25) is 0 Å². The molecule has 0 spiro atoms. The molecule has 2 aromatic heterocycles. The van der Waals surface area contributed by atoms with Gasteiger partial charge in [0.2, 0.25) is 0 Å². The first-order valence-electron chi connectivity index (χ1n) is 10.9. The van der Waals surface area contributed by atoms with Crippen molar-refractivity contribution in [1.29, 1.82) is 0 Å². The summed E-state index contributed by atoms with van der Waals surface area (Å²) in [5.41, 5.74) is 12.5. The van der Waals surface area contributed by atoms with Crippen LogP contribution in [-0.2, 0) is 11.3 Å². The highest BCUT2D eigenvalue weighted by Gasteiger charge is 2.25. The van der Waals surface area contributed by atoms with Gasteiger partial charge in [0.25, 0.3) is 5.91 Å². The van der Waals surface area contributed by atoms with Crippen LogP contribution >= 0.6 is 0 Å². The van der Waals surface area contributed by atoms with Crippen molar-refractivity contribution in [2.45, 2.75) is 44.3 Å². The lowest BCUT2D eigenvalue weighted by molar-refractivity contribution is 0.100. The van der Waals surface area contributed by atoms with E-state index in [0.29, 0.717) is 29.7 Å². The molecule has 2 heterocycles. The van der Waals surface area contributed by atoms with Gasteiger partial charge in [-0.1, -0.05) is 12.8 Å². The summed E-state index contributed by atoms with van der Waals surface area (Å²) in [6, 6.07) is 5.31. The van der Waals surface area contributed by atoms with Crippen LogP contribution in [0.25, 0.3) is 10.9 Å². The molecule has 10 heteroatoms. The van der Waals surface area contributed by atoms with Crippen LogP contribution in [0.1, 0.15) is 36.0 Å². The van der Waals surface area contributed by atoms with E-state index in [1.165, 1.54) is 12.1 Å². The predicted molar refractivity (Wildman–Crippen MR) is 124 cm³/mol. The number of halogens is 2. The fourth-order valence-electron chi connectivity index (χ4n) is 4.26. The second-order valence-electron chi connectivity index (χ2n) is 8.29. The molecule has 1 aliphatic rings. The second-order valence-corrected chi connectivity index (χ2v) is 8.29. The molecule has 176 valence electrons. The Morgan fingerprint density at radius 1 is 1.24 bits per heavy atom. The quantitative estimate of drug-likeness (QED) is 0.410. The van der Waals surface area contributed by atoms with Crippen molar-refractivity contribution in [3.05, 3.63) is 47.7 Å². The van der Waals surface area contributed by atoms with Gasteiger partial charge in [0, 0.05) is 37.3 Å². The van der Waals surface area contributed by atoms with Crippen molar-refractivity contribution in [3.63, 3.8) is 0 Å². The summed E-state index contributed by atoms with van der Waals surface area (Å²) in [6.07, 6.45) is 5.47. The Morgan fingerprint density at radius 2 is 2.03 bits per heavy atom. The summed E-state index contributed by atoms with van der Waals surface area (Å²) in [4.78, 5) is 16.3. The van der Waals surface area contributed by atoms with Crippen molar-refractivity contribution in [3.8, 4) is 0 Å². The number of primary amides is 1. The number of nitrogens with one attached hydrogen (secondary N) is 2. The van der Waals surface area contributed by atoms with E-state index in [4.69, 9.17) is 16.2 Å². The normalized spacial score (nSPS) is 18.4. The molecule has 1 aromatic carbocycles. The highest BCUT2D eigenvalue weighted by molar-refractivity contribution is 6.01. The second kappa shape index (κ2) is 9.72. The third kappa shape index (κ3) is 4.91. The molecule has 1 aliphatic carbocycles. The van der Waals surface area contributed by atoms with Gasteiger partial charge in [-0.05, 0) is 37.1 Å². The van der Waals surface area contributed by atoms with E-state index in [1.54, 1.807) is 7.11 Å². The average molecular weight is 459 g/mol. The van der Waals surface area contributed by atoms with E-state index in [9.17, 15) is 13.6 Å². The van der Waals surface area contributed by atoms with E-state index in [0.717, 1.165) is 31.7 Å². The lowest BCUT2D eigenvalue weighted by Crippen LogP contribution is -2.43. The SMILES string of the molecule is COCCn1ccc2c(Nc3nc(N[C@@H]4CCCC[C@@H]4N)c(F)cc3C(N)=O)cc(F)cc21. The van der Waals surface area contributed by atoms with Gasteiger partial charge in [-0.2, -0.15) is 0 Å². The van der Waals surface area contributed by atoms with Crippen LogP contribution in [0.3, 0.4) is 0 Å². The molecule has 4 rings (SSSR count). The number of methoxy groups -OCH3 is 1. The number of carbonyl (C=O) groups is 1. The van der Waals surface area contributed by atoms with E-state index in [-0.39, 0.29) is 29.3 Å². The largest absolute Gasteiger partial charge is 0.383 e. The zero-order valence-corrected chi connectivity index (χ0v) is 18.4. The summed E-state index contributed by atoms with van der Waals surface area (Å²) in [7, 11) is 1.59. The molecule has 2 atom stereocenters. The number of ether oxygens (including phenoxy) is 1. The van der Waals surface area contributed by atoms with Gasteiger partial charge >= 0.3 is 0 Å². The number of nitrogens with two attached hydrogens (primary N) is 2. The molecule has 0 bridgehead atoms. The monoisotopic (exact) mass is 458 g/mol. The van der Waals surface area contributed by atoms with Crippen LogP contribution in [-0.4, -0.2) is 41.3 Å². The fraction of sp³-hybridized carbons (Fsp3) is 0.391. The molecule has 0 aliphatic heterocycles. The Morgan fingerprint density at radius 3 is 2.76 bits per heavy atom. The highest BCUT2D eigenvalue weighted by atomic mass is 19.1. The predicted octanol–water partition coefficient (Wildman–Crippen LogP) is 3.49. The van der Waals surface area contributed by atoms with Gasteiger partial charge in [-0.3, -0.25) is 4.79 Å². The number of benzene rings is 1. The lowest BCUT2D eigenvalue weighted by Gasteiger charge is -2.30. The van der Waals surface area contributed by atoms with Gasteiger partial charge in [0.15, 0.2) is 11.6 Å². The van der Waals surface area contributed by atoms with E-state index >= 15 is 0 Å². The fourth-order valence-corrected chi connectivity index (χ4v) is 4.26. The van der Waals surface area contributed by atoms with Crippen molar-refractivity contribution >= 4 is 34.1 Å². The van der Waals surface area contributed by atoms with Gasteiger partial charge in [0.05, 0.1) is 23.4 Å². The molecule has 0 unspecified atom stereocenters. The first kappa shape index (κ1) is 22.9. The zero-order chi connectivity index (χ0) is 23.5. The molecule has 3 aromatic rings. The van der Waals surface area contributed by atoms with Crippen molar-refractivity contribution in [1.82, 2.24) is 9.55 Å². The van der Waals surface area contributed by atoms with Crippen molar-refractivity contribution in [2.75, 3.05) is 24.4 Å². The Kier molecular flexibility index (Phi) is 6.75. The maximum absolute atomic E-state index is 14.8. The lowest BCUT2D eigenvalue weighted by atomic mass is 9.91. The smallest absolute Gasteiger partial charge is 0.252 e. The molecule has 1 saturated carbocycles. The van der Waals surface area contributed by atoms with Crippen LogP contribution in [0, 0.1) is 11.6 Å². The third-order valence-electron chi connectivity index (χ3n) is 6.03. The summed E-state index contributed by atoms with van der Waals surface area (Å²) in [5, 5.41) is 6.77. The van der Waals surface area contributed by atoms with Crippen molar-refractivity contribution < 1.29 is 18.3 Å². The number of amides is 1. The van der Waals surface area contributed by atoms with Crippen LogP contribution < -0.4 is 22.1 Å². The Bertz CT molecular complexity index is 1170. The maximum Gasteiger partial charge on any atom is 0.252 e. The number of rotatable bonds is 8. The summed E-state index contributed by atoms with van der Waals surface area (Å²) < 4.78 is 36.2. The van der Waals surface area contributed by atoms with Gasteiger partial charge in [0.1, 0.15) is 11.6 Å². The molecular weight excluding hydrogens is 430 g/mol. The molecule has 1 fully saturated rings. The van der Waals surface area contributed by atoms with Gasteiger partial charge in [-0.15, -0.1) is 0 Å². The number of hydrogen-bond donors (Lipinski definition) is 4. The minimum atomic E-state index is -0.852. The van der Waals surface area contributed by atoms with Crippen LogP contribution in [0.4, 0.5) is 26.1 Å². The molecule has 8 nitrogen and oxygen atoms in total. The van der Waals surface area contributed by atoms with Crippen LogP contribution in [0.15, 0.2) is 30.5 Å². The Labute approximate surface area is 190 Å². The minimum Gasteiger partial charge on any atom is -0.383 e. The number of carbonyl (C=O) groups excluding carboxylic acids is 1. The molecule has 33 heavy (non-hydrogen) atoms. The van der Waals surface area contributed by atoms with E-state index in [1.807, 2.05) is 16.8 Å². The van der Waals surface area contributed by atoms with Crippen LogP contribution in [0.5, 0.6) is 0 Å². The molecular formula is C23H28F2N6O2. The molecule has 0 radical (unpaired) electrons. The number of aromatic nitrogens is 2. The number of fused-ring (bicyclic) bond motifs is 1. The average Bonchev–Trinajstić information content (AvgIpc) is 3.18. The molecule has 1 amide bonds. The Hall–Kier alpha value is -3.24. The zero-order valence-electron chi connectivity index (χ0n) is 18.4. The standard InChI is InChI=1S/C23H28F2N6O2/c1-33-9-8-31-7-6-14-19(10-13(24)11-20(14)31)29-22-15(21(27)32)12-16(25)23(30-22)28-18-5-3-2-4-17(18)26/h6-7,10-12,17-18H,2-5,8-9,26H2,1H3,(H2,27,32)(H2,28,29,30)/t17-,18+/m0/s1. The summed E-state index contributed by atoms with van der Waals surface area (Å²) in [5.74, 6) is -2.03. The number of pyridine rings is 1. The maximum atomic E-state index is 14.8. The summed E-state index contributed by atoms with van der Waals surface area (Å²) in [6.45, 7) is 1.01. The van der Waals surface area contributed by atoms with Gasteiger partial charge < -0.3 is 31.4 Å². The number of nitrogens with zero attached hydrogens (tertiary/aromatic N) is 2. The van der Waals surface area contributed by atoms with Gasteiger partial charge in [-0.25, -0.2) is 13.8 Å².